The molecule has 1 saturated heterocycles. The lowest BCUT2D eigenvalue weighted by Crippen LogP contribution is -2.63. The van der Waals surface area contributed by atoms with Crippen molar-refractivity contribution in [2.75, 3.05) is 13.1 Å². The Morgan fingerprint density at radius 1 is 1.52 bits per heavy atom. The van der Waals surface area contributed by atoms with Crippen molar-refractivity contribution in [1.82, 2.24) is 14.7 Å². The van der Waals surface area contributed by atoms with Crippen LogP contribution < -0.4 is 0 Å². The molecule has 1 aromatic heterocycles. The van der Waals surface area contributed by atoms with Gasteiger partial charge < -0.3 is 14.7 Å². The Hall–Kier alpha value is -1.91. The predicted octanol–water partition coefficient (Wildman–Crippen LogP) is 1.03. The van der Waals surface area contributed by atoms with E-state index in [0.29, 0.717) is 18.7 Å². The molecule has 3 heterocycles. The highest BCUT2D eigenvalue weighted by atomic mass is 16.5. The number of aromatic nitrogens is 2. The highest BCUT2D eigenvalue weighted by Gasteiger charge is 2.45. The molecule has 3 rings (SSSR count). The van der Waals surface area contributed by atoms with Gasteiger partial charge >= 0.3 is 0 Å². The van der Waals surface area contributed by atoms with Crippen molar-refractivity contribution in [3.8, 4) is 6.07 Å². The number of nitrogens with zero attached hydrogens (tertiary/aromatic N) is 4. The van der Waals surface area contributed by atoms with E-state index in [1.807, 2.05) is 31.5 Å². The number of aryl methyl sites for hydroxylation is 1. The summed E-state index contributed by atoms with van der Waals surface area (Å²) in [6.45, 7) is 7.01. The Morgan fingerprint density at radius 3 is 2.83 bits per heavy atom. The maximum Gasteiger partial charge on any atom is 0.274 e. The Bertz CT molecular complexity index is 670. The molecule has 2 aliphatic heterocycles. The van der Waals surface area contributed by atoms with Crippen LogP contribution in [0.5, 0.6) is 0 Å². The van der Waals surface area contributed by atoms with E-state index in [4.69, 9.17) is 10.00 Å². The van der Waals surface area contributed by atoms with Crippen LogP contribution in [0, 0.1) is 11.3 Å². The van der Waals surface area contributed by atoms with Gasteiger partial charge in [-0.2, -0.15) is 10.4 Å². The third-order valence-electron chi connectivity index (χ3n) is 4.57. The van der Waals surface area contributed by atoms with Gasteiger partial charge in [-0.15, -0.1) is 0 Å². The van der Waals surface area contributed by atoms with Gasteiger partial charge in [-0.1, -0.05) is 0 Å². The van der Waals surface area contributed by atoms with Crippen LogP contribution in [0.3, 0.4) is 0 Å². The molecule has 0 aromatic carbocycles. The fourth-order valence-electron chi connectivity index (χ4n) is 3.55. The van der Waals surface area contributed by atoms with Crippen molar-refractivity contribution < 1.29 is 14.6 Å². The number of carbonyl (C=O) groups is 1. The molecule has 0 saturated carbocycles. The lowest BCUT2D eigenvalue weighted by molar-refractivity contribution is -0.0773. The average Bonchev–Trinajstić information content (AvgIpc) is 2.83. The fourth-order valence-corrected chi connectivity index (χ4v) is 3.55. The second kappa shape index (κ2) is 5.62. The van der Waals surface area contributed by atoms with Gasteiger partial charge in [-0.3, -0.25) is 9.48 Å². The van der Waals surface area contributed by atoms with Crippen molar-refractivity contribution in [3.63, 3.8) is 0 Å². The van der Waals surface area contributed by atoms with Crippen LogP contribution in [-0.4, -0.2) is 50.5 Å². The molecule has 1 amide bonds. The molecule has 2 aliphatic rings. The van der Waals surface area contributed by atoms with E-state index in [1.54, 1.807) is 4.90 Å². The van der Waals surface area contributed by atoms with Crippen molar-refractivity contribution in [2.45, 2.75) is 58.0 Å². The minimum Gasteiger partial charge on any atom is -0.385 e. The Labute approximate surface area is 135 Å². The first kappa shape index (κ1) is 16.0. The maximum atomic E-state index is 12.7. The molecular weight excluding hydrogens is 296 g/mol. The molecule has 1 aromatic rings. The number of rotatable bonds is 3. The molecule has 0 spiro atoms. The first-order valence-electron chi connectivity index (χ1n) is 8.02. The molecule has 0 bridgehead atoms. The molecule has 0 unspecified atom stereocenters. The van der Waals surface area contributed by atoms with Crippen LogP contribution in [0.2, 0.25) is 0 Å². The van der Waals surface area contributed by atoms with Gasteiger partial charge in [0.1, 0.15) is 5.60 Å². The van der Waals surface area contributed by atoms with Gasteiger partial charge in [0.25, 0.3) is 5.91 Å². The van der Waals surface area contributed by atoms with E-state index in [1.165, 1.54) is 0 Å². The molecular formula is C16H22N4O3. The number of amides is 1. The standard InChI is InChI=1S/C16H22N4O3/c1-4-20-14-11(3)23-10(2)7-12(14)13(18-20)15(21)19-8-16(22,9-19)5-6-17/h10-11,22H,4-5,7-9H2,1-3H3/t10-,11+/m1/s1. The average molecular weight is 318 g/mol. The topological polar surface area (TPSA) is 91.4 Å². The van der Waals surface area contributed by atoms with Gasteiger partial charge in [0.05, 0.1) is 43.5 Å². The first-order chi connectivity index (χ1) is 10.9. The minimum atomic E-state index is -1.07. The summed E-state index contributed by atoms with van der Waals surface area (Å²) in [5.41, 5.74) is 1.32. The van der Waals surface area contributed by atoms with Crippen molar-refractivity contribution in [1.29, 1.82) is 5.26 Å². The second-order valence-corrected chi connectivity index (χ2v) is 6.54. The predicted molar refractivity (Wildman–Crippen MR) is 81.7 cm³/mol. The second-order valence-electron chi connectivity index (χ2n) is 6.54. The van der Waals surface area contributed by atoms with E-state index < -0.39 is 5.60 Å². The molecule has 7 nitrogen and oxygen atoms in total. The number of carbonyl (C=O) groups excluding carboxylic acids is 1. The summed E-state index contributed by atoms with van der Waals surface area (Å²) in [5, 5.41) is 23.3. The quantitative estimate of drug-likeness (QED) is 0.898. The van der Waals surface area contributed by atoms with Crippen LogP contribution in [0.1, 0.15) is 55.0 Å². The number of fused-ring (bicyclic) bond motifs is 1. The number of aliphatic hydroxyl groups is 1. The molecule has 0 radical (unpaired) electrons. The fraction of sp³-hybridized carbons (Fsp3) is 0.688. The third-order valence-corrected chi connectivity index (χ3v) is 4.57. The molecule has 124 valence electrons. The Balaban J connectivity index is 1.87. The number of β-amino-alcohol motifs (C(OH)–C–C–N with tert-alkyl or cyclic N) is 1. The number of ether oxygens (including phenoxy) is 1. The smallest absolute Gasteiger partial charge is 0.274 e. The van der Waals surface area contributed by atoms with Crippen LogP contribution in [0.4, 0.5) is 0 Å². The van der Waals surface area contributed by atoms with Crippen LogP contribution in [0.25, 0.3) is 0 Å². The van der Waals surface area contributed by atoms with Gasteiger partial charge in [0.2, 0.25) is 0 Å². The van der Waals surface area contributed by atoms with E-state index in [9.17, 15) is 9.90 Å². The number of hydrogen-bond acceptors (Lipinski definition) is 5. The molecule has 0 aliphatic carbocycles. The summed E-state index contributed by atoms with van der Waals surface area (Å²) < 4.78 is 7.69. The van der Waals surface area contributed by atoms with Gasteiger partial charge in [0.15, 0.2) is 5.69 Å². The van der Waals surface area contributed by atoms with E-state index in [-0.39, 0.29) is 37.6 Å². The summed E-state index contributed by atoms with van der Waals surface area (Å²) in [4.78, 5) is 14.3. The van der Waals surface area contributed by atoms with Gasteiger partial charge in [-0.25, -0.2) is 0 Å². The maximum absolute atomic E-state index is 12.7. The van der Waals surface area contributed by atoms with Crippen molar-refractivity contribution in [3.05, 3.63) is 17.0 Å². The molecule has 1 fully saturated rings. The lowest BCUT2D eigenvalue weighted by atomic mass is 9.90. The lowest BCUT2D eigenvalue weighted by Gasteiger charge is -2.45. The van der Waals surface area contributed by atoms with E-state index in [2.05, 4.69) is 5.10 Å². The number of hydrogen-bond donors (Lipinski definition) is 1. The molecule has 2 atom stereocenters. The summed E-state index contributed by atoms with van der Waals surface area (Å²) in [6.07, 6.45) is 0.664. The Morgan fingerprint density at radius 2 is 2.22 bits per heavy atom. The van der Waals surface area contributed by atoms with E-state index >= 15 is 0 Å². The van der Waals surface area contributed by atoms with Crippen LogP contribution >= 0.6 is 0 Å². The zero-order chi connectivity index (χ0) is 16.8. The highest BCUT2D eigenvalue weighted by Crippen LogP contribution is 2.34. The van der Waals surface area contributed by atoms with Crippen LogP contribution in [0.15, 0.2) is 0 Å². The Kier molecular flexibility index (Phi) is 3.90. The van der Waals surface area contributed by atoms with E-state index in [0.717, 1.165) is 11.3 Å². The summed E-state index contributed by atoms with van der Waals surface area (Å²) >= 11 is 0. The number of likely N-dealkylation sites (tertiary alicyclic amines) is 1. The first-order valence-corrected chi connectivity index (χ1v) is 8.02. The summed E-state index contributed by atoms with van der Waals surface area (Å²) in [5.74, 6) is -0.169. The third kappa shape index (κ3) is 2.62. The monoisotopic (exact) mass is 318 g/mol. The van der Waals surface area contributed by atoms with Gasteiger partial charge in [0, 0.05) is 18.5 Å². The zero-order valence-corrected chi connectivity index (χ0v) is 13.7. The highest BCUT2D eigenvalue weighted by molar-refractivity contribution is 5.95. The van der Waals surface area contributed by atoms with Crippen LogP contribution in [-0.2, 0) is 17.7 Å². The molecule has 23 heavy (non-hydrogen) atoms. The minimum absolute atomic E-state index is 0.0419. The van der Waals surface area contributed by atoms with Crippen molar-refractivity contribution in [2.24, 2.45) is 0 Å². The zero-order valence-electron chi connectivity index (χ0n) is 13.7. The summed E-state index contributed by atoms with van der Waals surface area (Å²) in [6, 6.07) is 1.96. The number of nitriles is 1. The molecule has 7 heteroatoms. The molecule has 1 N–H and O–H groups in total. The summed E-state index contributed by atoms with van der Waals surface area (Å²) in [7, 11) is 0. The van der Waals surface area contributed by atoms with Crippen molar-refractivity contribution >= 4 is 5.91 Å². The van der Waals surface area contributed by atoms with Gasteiger partial charge in [-0.05, 0) is 20.8 Å². The SMILES string of the molecule is CCn1nc(C(=O)N2CC(O)(CC#N)C2)c2c1[C@H](C)O[C@H](C)C2. The normalized spacial score (nSPS) is 25.4. The largest absolute Gasteiger partial charge is 0.385 e.